The molecular weight excluding hydrogens is 423 g/mol. The third-order valence-electron chi connectivity index (χ3n) is 2.95. The van der Waals surface area contributed by atoms with Crippen LogP contribution in [-0.4, -0.2) is 28.6 Å². The van der Waals surface area contributed by atoms with Crippen molar-refractivity contribution in [3.8, 4) is 16.9 Å². The van der Waals surface area contributed by atoms with Crippen LogP contribution in [0.1, 0.15) is 10.4 Å². The molecule has 1 amide bonds. The van der Waals surface area contributed by atoms with Crippen LogP contribution < -0.4 is 5.32 Å². The van der Waals surface area contributed by atoms with Gasteiger partial charge in [-0.3, -0.25) is 9.59 Å². The van der Waals surface area contributed by atoms with E-state index in [1.165, 1.54) is 18.2 Å². The minimum atomic E-state index is -1.24. The quantitative estimate of drug-likeness (QED) is 0.648. The van der Waals surface area contributed by atoms with Gasteiger partial charge in [0.2, 0.25) is 0 Å². The molecule has 0 aliphatic carbocycles. The molecular formula is C15H10F2INO4. The van der Waals surface area contributed by atoms with Crippen molar-refractivity contribution < 1.29 is 28.6 Å². The molecule has 0 aliphatic heterocycles. The van der Waals surface area contributed by atoms with Gasteiger partial charge >= 0.3 is 5.97 Å². The van der Waals surface area contributed by atoms with E-state index in [9.17, 15) is 23.5 Å². The molecule has 3 N–H and O–H groups in total. The maximum atomic E-state index is 13.9. The van der Waals surface area contributed by atoms with E-state index >= 15 is 0 Å². The van der Waals surface area contributed by atoms with Gasteiger partial charge in [0.1, 0.15) is 23.9 Å². The van der Waals surface area contributed by atoms with Gasteiger partial charge in [0, 0.05) is 11.6 Å². The second kappa shape index (κ2) is 6.90. The van der Waals surface area contributed by atoms with Crippen molar-refractivity contribution in [2.24, 2.45) is 0 Å². The first kappa shape index (κ1) is 17.1. The third-order valence-corrected chi connectivity index (χ3v) is 3.77. The molecule has 120 valence electrons. The Bertz CT molecular complexity index is 795. The van der Waals surface area contributed by atoms with Crippen LogP contribution in [0.4, 0.5) is 8.78 Å². The Balaban J connectivity index is 2.47. The first-order chi connectivity index (χ1) is 10.8. The van der Waals surface area contributed by atoms with Gasteiger partial charge in [-0.1, -0.05) is 0 Å². The van der Waals surface area contributed by atoms with Crippen LogP contribution in [-0.2, 0) is 4.79 Å². The molecule has 2 aromatic carbocycles. The Labute approximate surface area is 143 Å². The maximum Gasteiger partial charge on any atom is 0.322 e. The molecule has 8 heteroatoms. The number of carboxylic acids is 1. The summed E-state index contributed by atoms with van der Waals surface area (Å²) in [7, 11) is 0. The molecule has 0 radical (unpaired) electrons. The molecule has 0 spiro atoms. The van der Waals surface area contributed by atoms with Gasteiger partial charge in [0.15, 0.2) is 0 Å². The maximum absolute atomic E-state index is 13.9. The molecule has 0 atom stereocenters. The lowest BCUT2D eigenvalue weighted by Crippen LogP contribution is -2.29. The number of hydrogen-bond donors (Lipinski definition) is 3. The molecule has 0 saturated carbocycles. The number of aromatic hydroxyl groups is 1. The Morgan fingerprint density at radius 2 is 1.87 bits per heavy atom. The molecule has 23 heavy (non-hydrogen) atoms. The number of rotatable bonds is 4. The molecule has 0 fully saturated rings. The molecule has 0 bridgehead atoms. The largest absolute Gasteiger partial charge is 0.506 e. The van der Waals surface area contributed by atoms with Crippen molar-refractivity contribution in [2.75, 3.05) is 6.54 Å². The average molecular weight is 433 g/mol. The van der Waals surface area contributed by atoms with Crippen molar-refractivity contribution in [2.45, 2.75) is 0 Å². The van der Waals surface area contributed by atoms with E-state index in [2.05, 4.69) is 5.32 Å². The summed E-state index contributed by atoms with van der Waals surface area (Å²) >= 11 is 1.75. The lowest BCUT2D eigenvalue weighted by Gasteiger charge is -2.11. The highest BCUT2D eigenvalue weighted by Crippen LogP contribution is 2.32. The van der Waals surface area contributed by atoms with Crippen LogP contribution >= 0.6 is 22.6 Å². The van der Waals surface area contributed by atoms with E-state index in [0.717, 1.165) is 6.07 Å². The highest BCUT2D eigenvalue weighted by atomic mass is 127. The second-order valence-electron chi connectivity index (χ2n) is 4.55. The summed E-state index contributed by atoms with van der Waals surface area (Å²) in [6.45, 7) is -0.621. The molecule has 2 rings (SSSR count). The number of phenolic OH excluding ortho intramolecular Hbond substituents is 1. The summed E-state index contributed by atoms with van der Waals surface area (Å²) < 4.78 is 27.1. The summed E-state index contributed by atoms with van der Waals surface area (Å²) in [4.78, 5) is 22.4. The van der Waals surface area contributed by atoms with Crippen LogP contribution in [0, 0.1) is 15.2 Å². The third kappa shape index (κ3) is 3.95. The van der Waals surface area contributed by atoms with Gasteiger partial charge in [0.25, 0.3) is 5.91 Å². The van der Waals surface area contributed by atoms with Crippen molar-refractivity contribution in [1.29, 1.82) is 0 Å². The highest BCUT2D eigenvalue weighted by molar-refractivity contribution is 14.1. The molecule has 0 unspecified atom stereocenters. The summed E-state index contributed by atoms with van der Waals surface area (Å²) in [5.74, 6) is -3.96. The molecule has 5 nitrogen and oxygen atoms in total. The fourth-order valence-corrected chi connectivity index (χ4v) is 2.53. The monoisotopic (exact) mass is 433 g/mol. The number of hydrogen-bond acceptors (Lipinski definition) is 3. The second-order valence-corrected chi connectivity index (χ2v) is 5.72. The summed E-state index contributed by atoms with van der Waals surface area (Å²) in [6.07, 6.45) is 0. The first-order valence-electron chi connectivity index (χ1n) is 6.27. The number of amides is 1. The number of carbonyl (C=O) groups excluding carboxylic acids is 1. The SMILES string of the molecule is O=C(O)CNC(=O)c1cc(-c2ccc(F)cc2F)cc(I)c1O. The van der Waals surface area contributed by atoms with Crippen molar-refractivity contribution in [3.63, 3.8) is 0 Å². The minimum Gasteiger partial charge on any atom is -0.506 e. The average Bonchev–Trinajstić information content (AvgIpc) is 2.47. The molecule has 0 saturated heterocycles. The number of halogens is 3. The van der Waals surface area contributed by atoms with Gasteiger partial charge < -0.3 is 15.5 Å². The van der Waals surface area contributed by atoms with Crippen LogP contribution in [0.25, 0.3) is 11.1 Å². The fourth-order valence-electron chi connectivity index (χ4n) is 1.90. The number of carbonyl (C=O) groups is 2. The van der Waals surface area contributed by atoms with Gasteiger partial charge in [-0.15, -0.1) is 0 Å². The van der Waals surface area contributed by atoms with Crippen molar-refractivity contribution in [3.05, 3.63) is 51.1 Å². The predicted octanol–water partition coefficient (Wildman–Crippen LogP) is 2.76. The van der Waals surface area contributed by atoms with Gasteiger partial charge in [0.05, 0.1) is 9.13 Å². The topological polar surface area (TPSA) is 86.6 Å². The summed E-state index contributed by atoms with van der Waals surface area (Å²) in [5, 5.41) is 20.6. The number of benzene rings is 2. The fraction of sp³-hybridized carbons (Fsp3) is 0.0667. The Morgan fingerprint density at radius 1 is 1.17 bits per heavy atom. The zero-order valence-corrected chi connectivity index (χ0v) is 13.6. The smallest absolute Gasteiger partial charge is 0.322 e. The van der Waals surface area contributed by atoms with Gasteiger partial charge in [-0.2, -0.15) is 0 Å². The van der Waals surface area contributed by atoms with E-state index in [0.29, 0.717) is 6.07 Å². The summed E-state index contributed by atoms with van der Waals surface area (Å²) in [6, 6.07) is 5.64. The standard InChI is InChI=1S/C15H10F2INO4/c16-8-1-2-9(11(17)5-8)7-3-10(14(22)12(18)4-7)15(23)19-6-13(20)21/h1-5,22H,6H2,(H,19,23)(H,20,21). The van der Waals surface area contributed by atoms with Gasteiger partial charge in [-0.05, 0) is 52.4 Å². The Kier molecular flexibility index (Phi) is 5.14. The van der Waals surface area contributed by atoms with Crippen LogP contribution in [0.2, 0.25) is 0 Å². The van der Waals surface area contributed by atoms with Gasteiger partial charge in [-0.25, -0.2) is 8.78 Å². The zero-order valence-electron chi connectivity index (χ0n) is 11.4. The molecule has 0 aromatic heterocycles. The van der Waals surface area contributed by atoms with E-state index in [1.54, 1.807) is 22.6 Å². The highest BCUT2D eigenvalue weighted by Gasteiger charge is 2.18. The normalized spacial score (nSPS) is 10.4. The van der Waals surface area contributed by atoms with Crippen molar-refractivity contribution in [1.82, 2.24) is 5.32 Å². The van der Waals surface area contributed by atoms with Crippen LogP contribution in [0.15, 0.2) is 30.3 Å². The van der Waals surface area contributed by atoms with E-state index in [1.807, 2.05) is 0 Å². The lowest BCUT2D eigenvalue weighted by atomic mass is 10.0. The number of nitrogens with one attached hydrogen (secondary N) is 1. The van der Waals surface area contributed by atoms with Crippen molar-refractivity contribution >= 4 is 34.5 Å². The molecule has 0 heterocycles. The minimum absolute atomic E-state index is 0.0524. The lowest BCUT2D eigenvalue weighted by molar-refractivity contribution is -0.135. The zero-order chi connectivity index (χ0) is 17.1. The predicted molar refractivity (Wildman–Crippen MR) is 86.1 cm³/mol. The van der Waals surface area contributed by atoms with Crippen LogP contribution in [0.5, 0.6) is 5.75 Å². The number of carboxylic acid groups (broad SMARTS) is 1. The van der Waals surface area contributed by atoms with E-state index < -0.39 is 30.1 Å². The first-order valence-corrected chi connectivity index (χ1v) is 7.35. The number of phenols is 1. The molecule has 2 aromatic rings. The summed E-state index contributed by atoms with van der Waals surface area (Å²) in [5.41, 5.74) is 0.110. The molecule has 0 aliphatic rings. The van der Waals surface area contributed by atoms with E-state index in [-0.39, 0.29) is 26.0 Å². The van der Waals surface area contributed by atoms with Crippen LogP contribution in [0.3, 0.4) is 0 Å². The Hall–Kier alpha value is -2.23. The number of aliphatic carboxylic acids is 1. The van der Waals surface area contributed by atoms with E-state index in [4.69, 9.17) is 5.11 Å². The Morgan fingerprint density at radius 3 is 2.48 bits per heavy atom.